The highest BCUT2D eigenvalue weighted by molar-refractivity contribution is 6.06. The summed E-state index contributed by atoms with van der Waals surface area (Å²) in [6.45, 7) is 4.32. The van der Waals surface area contributed by atoms with Gasteiger partial charge in [-0.25, -0.2) is 4.99 Å². The Bertz CT molecular complexity index is 824. The van der Waals surface area contributed by atoms with Crippen molar-refractivity contribution in [3.05, 3.63) is 24.3 Å². The molecule has 2 fully saturated rings. The first-order valence-corrected chi connectivity index (χ1v) is 13.9. The van der Waals surface area contributed by atoms with Crippen LogP contribution in [0.25, 0.3) is 0 Å². The van der Waals surface area contributed by atoms with Crippen LogP contribution in [0.15, 0.2) is 29.3 Å². The lowest BCUT2D eigenvalue weighted by atomic mass is 9.77. The van der Waals surface area contributed by atoms with E-state index >= 15 is 0 Å². The third kappa shape index (κ3) is 6.54. The van der Waals surface area contributed by atoms with Crippen molar-refractivity contribution in [1.82, 2.24) is 9.80 Å². The molecule has 2 amide bonds. The minimum absolute atomic E-state index is 0.00786. The summed E-state index contributed by atoms with van der Waals surface area (Å²) in [6.07, 6.45) is 20.5. The molecule has 0 bridgehead atoms. The van der Waals surface area contributed by atoms with Crippen LogP contribution in [0.4, 0.5) is 0 Å². The Morgan fingerprint density at radius 2 is 1.91 bits per heavy atom. The smallest absolute Gasteiger partial charge is 0.257 e. The van der Waals surface area contributed by atoms with Crippen molar-refractivity contribution >= 4 is 17.8 Å². The van der Waals surface area contributed by atoms with E-state index in [1.807, 2.05) is 23.1 Å². The number of hydrogen-bond donors (Lipinski definition) is 1. The molecule has 194 valence electrons. The zero-order chi connectivity index (χ0) is 24.7. The van der Waals surface area contributed by atoms with Crippen LogP contribution in [0.1, 0.15) is 84.0 Å². The van der Waals surface area contributed by atoms with Gasteiger partial charge in [-0.2, -0.15) is 0 Å². The van der Waals surface area contributed by atoms with Gasteiger partial charge in [-0.1, -0.05) is 76.2 Å². The molecular weight excluding hydrogens is 440 g/mol. The van der Waals surface area contributed by atoms with Gasteiger partial charge in [-0.15, -0.1) is 0 Å². The Balaban J connectivity index is 1.28. The fraction of sp³-hybridized carbons (Fsp3) is 0.750. The first-order chi connectivity index (χ1) is 17.0. The summed E-state index contributed by atoms with van der Waals surface area (Å²) < 4.78 is 5.76. The first-order valence-electron chi connectivity index (χ1n) is 13.9. The summed E-state index contributed by atoms with van der Waals surface area (Å²) in [5.41, 5.74) is 5.73. The Morgan fingerprint density at radius 3 is 2.60 bits per heavy atom. The number of carbonyl (C=O) groups is 2. The number of nitrogens with two attached hydrogens (primary N) is 1. The third-order valence-electron chi connectivity index (χ3n) is 8.31. The standard InChI is InChI=1S/C28H44N4O3/c1-2-3-16-28(19-22-10-6-4-7-11-22)26(34)32(27(29)30-28)20-23-14-17-31(18-15-23)25(33)21-35-24-12-8-5-9-13-24/h5,8-9,12,22-24H,2-4,6-7,10-11,13-21H2,1H3,(H2,29,30). The minimum atomic E-state index is -0.654. The van der Waals surface area contributed by atoms with Crippen molar-refractivity contribution < 1.29 is 14.3 Å². The van der Waals surface area contributed by atoms with Gasteiger partial charge in [-0.05, 0) is 43.9 Å². The van der Waals surface area contributed by atoms with Crippen molar-refractivity contribution in [3.8, 4) is 0 Å². The minimum Gasteiger partial charge on any atom is -0.369 e. The molecule has 0 aromatic heterocycles. The lowest BCUT2D eigenvalue weighted by molar-refractivity contribution is -0.139. The predicted octanol–water partition coefficient (Wildman–Crippen LogP) is 4.18. The fourth-order valence-electron chi connectivity index (χ4n) is 6.17. The SMILES string of the molecule is CCCCC1(CC2CCCCC2)N=C(N)N(CC2CCN(C(=O)COC3C=CC=CC3)CC2)C1=O. The number of guanidine groups is 1. The molecule has 1 saturated carbocycles. The molecule has 0 spiro atoms. The van der Waals surface area contributed by atoms with Crippen LogP contribution in [-0.4, -0.2) is 65.5 Å². The largest absolute Gasteiger partial charge is 0.369 e. The van der Waals surface area contributed by atoms with Gasteiger partial charge in [0, 0.05) is 19.6 Å². The summed E-state index contributed by atoms with van der Waals surface area (Å²) in [7, 11) is 0. The van der Waals surface area contributed by atoms with Crippen LogP contribution in [0, 0.1) is 11.8 Å². The van der Waals surface area contributed by atoms with E-state index in [4.69, 9.17) is 15.5 Å². The number of hydrogen-bond acceptors (Lipinski definition) is 5. The molecule has 7 heteroatoms. The summed E-state index contributed by atoms with van der Waals surface area (Å²) in [6, 6.07) is 0. The van der Waals surface area contributed by atoms with E-state index in [1.54, 1.807) is 4.90 Å². The molecule has 2 atom stereocenters. The molecule has 0 aromatic rings. The van der Waals surface area contributed by atoms with Crippen LogP contribution in [0.2, 0.25) is 0 Å². The third-order valence-corrected chi connectivity index (χ3v) is 8.31. The molecule has 0 radical (unpaired) electrons. The number of ether oxygens (including phenoxy) is 1. The van der Waals surface area contributed by atoms with E-state index in [0.29, 0.717) is 37.4 Å². The van der Waals surface area contributed by atoms with E-state index in [1.165, 1.54) is 32.1 Å². The fourth-order valence-corrected chi connectivity index (χ4v) is 6.17. The van der Waals surface area contributed by atoms with Crippen molar-refractivity contribution in [1.29, 1.82) is 0 Å². The molecule has 4 rings (SSSR count). The van der Waals surface area contributed by atoms with Gasteiger partial charge in [0.1, 0.15) is 12.1 Å². The van der Waals surface area contributed by atoms with Crippen molar-refractivity contribution in [2.24, 2.45) is 22.6 Å². The second kappa shape index (κ2) is 12.2. The quantitative estimate of drug-likeness (QED) is 0.504. The topological polar surface area (TPSA) is 88.2 Å². The maximum atomic E-state index is 13.7. The molecule has 2 heterocycles. The zero-order valence-corrected chi connectivity index (χ0v) is 21.5. The number of allylic oxidation sites excluding steroid dienone is 2. The van der Waals surface area contributed by atoms with E-state index in [2.05, 4.69) is 13.0 Å². The predicted molar refractivity (Wildman–Crippen MR) is 139 cm³/mol. The van der Waals surface area contributed by atoms with Crippen molar-refractivity contribution in [3.63, 3.8) is 0 Å². The Labute approximate surface area is 210 Å². The summed E-state index contributed by atoms with van der Waals surface area (Å²) in [5, 5.41) is 0. The molecule has 2 aliphatic carbocycles. The molecule has 2 aliphatic heterocycles. The van der Waals surface area contributed by atoms with Gasteiger partial charge >= 0.3 is 0 Å². The monoisotopic (exact) mass is 484 g/mol. The van der Waals surface area contributed by atoms with E-state index in [9.17, 15) is 9.59 Å². The van der Waals surface area contributed by atoms with Crippen molar-refractivity contribution in [2.45, 2.75) is 95.6 Å². The lowest BCUT2D eigenvalue weighted by Gasteiger charge is -2.35. The summed E-state index contributed by atoms with van der Waals surface area (Å²) >= 11 is 0. The van der Waals surface area contributed by atoms with Crippen LogP contribution in [0.3, 0.4) is 0 Å². The highest BCUT2D eigenvalue weighted by atomic mass is 16.5. The maximum absolute atomic E-state index is 13.7. The molecule has 1 saturated heterocycles. The second-order valence-electron chi connectivity index (χ2n) is 11.0. The Morgan fingerprint density at radius 1 is 1.14 bits per heavy atom. The first kappa shape index (κ1) is 25.9. The second-order valence-corrected chi connectivity index (χ2v) is 11.0. The number of likely N-dealkylation sites (tertiary alicyclic amines) is 1. The average Bonchev–Trinajstić information content (AvgIpc) is 3.12. The van der Waals surface area contributed by atoms with Gasteiger partial charge in [0.15, 0.2) is 5.96 Å². The Kier molecular flexibility index (Phi) is 9.04. The number of amides is 2. The van der Waals surface area contributed by atoms with Crippen LogP contribution < -0.4 is 5.73 Å². The number of rotatable bonds is 10. The van der Waals surface area contributed by atoms with Gasteiger partial charge < -0.3 is 15.4 Å². The van der Waals surface area contributed by atoms with Crippen LogP contribution in [-0.2, 0) is 14.3 Å². The van der Waals surface area contributed by atoms with Gasteiger partial charge in [0.25, 0.3) is 5.91 Å². The molecule has 35 heavy (non-hydrogen) atoms. The zero-order valence-electron chi connectivity index (χ0n) is 21.5. The average molecular weight is 485 g/mol. The maximum Gasteiger partial charge on any atom is 0.257 e. The van der Waals surface area contributed by atoms with Crippen LogP contribution in [0.5, 0.6) is 0 Å². The summed E-state index contributed by atoms with van der Waals surface area (Å²) in [4.78, 5) is 34.9. The Hall–Kier alpha value is -2.15. The molecule has 4 aliphatic rings. The number of carbonyl (C=O) groups excluding carboxylic acids is 2. The van der Waals surface area contributed by atoms with E-state index < -0.39 is 5.54 Å². The van der Waals surface area contributed by atoms with E-state index in [0.717, 1.165) is 44.9 Å². The van der Waals surface area contributed by atoms with Gasteiger partial charge in [-0.3, -0.25) is 14.5 Å². The summed E-state index contributed by atoms with van der Waals surface area (Å²) in [5.74, 6) is 1.49. The molecule has 2 N–H and O–H groups in total. The number of nitrogens with zero attached hydrogens (tertiary/aromatic N) is 3. The number of unbranched alkanes of at least 4 members (excludes halogenated alkanes) is 1. The van der Waals surface area contributed by atoms with Gasteiger partial charge in [0.05, 0.1) is 6.10 Å². The molecule has 7 nitrogen and oxygen atoms in total. The molecule has 2 unspecified atom stereocenters. The van der Waals surface area contributed by atoms with Crippen LogP contribution >= 0.6 is 0 Å². The number of piperidine rings is 1. The van der Waals surface area contributed by atoms with Crippen molar-refractivity contribution in [2.75, 3.05) is 26.2 Å². The normalized spacial score (nSPS) is 28.1. The highest BCUT2D eigenvalue weighted by Gasteiger charge is 2.48. The van der Waals surface area contributed by atoms with Gasteiger partial charge in [0.2, 0.25) is 5.91 Å². The lowest BCUT2D eigenvalue weighted by Crippen LogP contribution is -2.49. The molecule has 0 aromatic carbocycles. The van der Waals surface area contributed by atoms with E-state index in [-0.39, 0.29) is 24.5 Å². The molecular formula is C28H44N4O3. The number of aliphatic imine (C=N–C) groups is 1. The highest BCUT2D eigenvalue weighted by Crippen LogP contribution is 2.39.